The molecule has 0 aromatic carbocycles. The smallest absolute Gasteiger partial charge is 0.239 e. The third kappa shape index (κ3) is 2.38. The summed E-state index contributed by atoms with van der Waals surface area (Å²) in [6.45, 7) is 4.69. The van der Waals surface area contributed by atoms with Crippen molar-refractivity contribution in [3.05, 3.63) is 0 Å². The zero-order valence-electron chi connectivity index (χ0n) is 10.3. The summed E-state index contributed by atoms with van der Waals surface area (Å²) in [6.07, 6.45) is 4.19. The van der Waals surface area contributed by atoms with Crippen molar-refractivity contribution < 1.29 is 9.53 Å². The summed E-state index contributed by atoms with van der Waals surface area (Å²) in [6, 6.07) is 0.0548. The highest BCUT2D eigenvalue weighted by molar-refractivity contribution is 5.82. The van der Waals surface area contributed by atoms with Gasteiger partial charge in [-0.3, -0.25) is 4.79 Å². The van der Waals surface area contributed by atoms with E-state index in [0.29, 0.717) is 0 Å². The monoisotopic (exact) mass is 226 g/mol. The standard InChI is InChI=1S/C12H22N2O2/c1-12(16-2)6-4-8-14(9-12)11(15)10-5-3-7-13-10/h10,13H,3-9H2,1-2H3/t10-,12?/m1/s1. The predicted octanol–water partition coefficient (Wildman–Crippen LogP) is 0.766. The van der Waals surface area contributed by atoms with Gasteiger partial charge in [-0.05, 0) is 39.2 Å². The van der Waals surface area contributed by atoms with Crippen molar-refractivity contribution >= 4 is 5.91 Å². The van der Waals surface area contributed by atoms with E-state index in [-0.39, 0.29) is 17.6 Å². The first-order valence-corrected chi connectivity index (χ1v) is 6.22. The largest absolute Gasteiger partial charge is 0.377 e. The summed E-state index contributed by atoms with van der Waals surface area (Å²) in [4.78, 5) is 14.2. The highest BCUT2D eigenvalue weighted by atomic mass is 16.5. The molecule has 4 nitrogen and oxygen atoms in total. The van der Waals surface area contributed by atoms with Crippen LogP contribution in [0.3, 0.4) is 0 Å². The number of nitrogens with one attached hydrogen (secondary N) is 1. The number of hydrogen-bond donors (Lipinski definition) is 1. The van der Waals surface area contributed by atoms with Crippen LogP contribution in [0.2, 0.25) is 0 Å². The molecule has 2 saturated heterocycles. The van der Waals surface area contributed by atoms with E-state index in [1.807, 2.05) is 4.90 Å². The fourth-order valence-electron chi connectivity index (χ4n) is 2.68. The fourth-order valence-corrected chi connectivity index (χ4v) is 2.68. The van der Waals surface area contributed by atoms with E-state index in [9.17, 15) is 4.79 Å². The van der Waals surface area contributed by atoms with E-state index in [1.165, 1.54) is 0 Å². The molecular formula is C12H22N2O2. The highest BCUT2D eigenvalue weighted by Gasteiger charge is 2.35. The Kier molecular flexibility index (Phi) is 3.50. The molecule has 1 unspecified atom stereocenters. The van der Waals surface area contributed by atoms with Crippen molar-refractivity contribution in [3.8, 4) is 0 Å². The van der Waals surface area contributed by atoms with Gasteiger partial charge in [-0.2, -0.15) is 0 Å². The van der Waals surface area contributed by atoms with Gasteiger partial charge in [0.15, 0.2) is 0 Å². The quantitative estimate of drug-likeness (QED) is 0.756. The minimum Gasteiger partial charge on any atom is -0.377 e. The predicted molar refractivity (Wildman–Crippen MR) is 62.3 cm³/mol. The van der Waals surface area contributed by atoms with Crippen molar-refractivity contribution in [2.45, 2.75) is 44.2 Å². The van der Waals surface area contributed by atoms with Gasteiger partial charge in [0.1, 0.15) is 0 Å². The second-order valence-electron chi connectivity index (χ2n) is 5.17. The molecule has 1 N–H and O–H groups in total. The molecule has 0 aromatic rings. The average Bonchev–Trinajstić information content (AvgIpc) is 2.82. The van der Waals surface area contributed by atoms with Crippen LogP contribution in [0.5, 0.6) is 0 Å². The molecule has 16 heavy (non-hydrogen) atoms. The molecule has 2 aliphatic rings. The van der Waals surface area contributed by atoms with Crippen LogP contribution in [0.1, 0.15) is 32.6 Å². The van der Waals surface area contributed by atoms with E-state index in [4.69, 9.17) is 4.74 Å². The first kappa shape index (κ1) is 11.9. The number of carbonyl (C=O) groups is 1. The van der Waals surface area contributed by atoms with E-state index < -0.39 is 0 Å². The topological polar surface area (TPSA) is 41.6 Å². The number of ether oxygens (including phenoxy) is 1. The zero-order valence-corrected chi connectivity index (χ0v) is 10.3. The lowest BCUT2D eigenvalue weighted by atomic mass is 9.94. The minimum absolute atomic E-state index is 0.0548. The third-order valence-corrected chi connectivity index (χ3v) is 3.82. The molecule has 2 rings (SSSR count). The van der Waals surface area contributed by atoms with Gasteiger partial charge < -0.3 is 15.0 Å². The number of hydrogen-bond acceptors (Lipinski definition) is 3. The maximum absolute atomic E-state index is 12.2. The second kappa shape index (κ2) is 4.72. The lowest BCUT2D eigenvalue weighted by Gasteiger charge is -2.40. The number of carbonyl (C=O) groups excluding carboxylic acids is 1. The van der Waals surface area contributed by atoms with Gasteiger partial charge in [0.25, 0.3) is 0 Å². The molecule has 0 aromatic heterocycles. The fraction of sp³-hybridized carbons (Fsp3) is 0.917. The van der Waals surface area contributed by atoms with Crippen LogP contribution in [-0.4, -0.2) is 49.2 Å². The van der Waals surface area contributed by atoms with Gasteiger partial charge in [-0.25, -0.2) is 0 Å². The maximum Gasteiger partial charge on any atom is 0.239 e. The van der Waals surface area contributed by atoms with Gasteiger partial charge in [0, 0.05) is 20.2 Å². The van der Waals surface area contributed by atoms with Crippen LogP contribution in [0.25, 0.3) is 0 Å². The van der Waals surface area contributed by atoms with E-state index in [2.05, 4.69) is 12.2 Å². The van der Waals surface area contributed by atoms with Gasteiger partial charge in [-0.15, -0.1) is 0 Å². The number of nitrogens with zero attached hydrogens (tertiary/aromatic N) is 1. The Bertz CT molecular complexity index is 264. The summed E-state index contributed by atoms with van der Waals surface area (Å²) in [5.41, 5.74) is -0.146. The summed E-state index contributed by atoms with van der Waals surface area (Å²) in [7, 11) is 1.74. The number of likely N-dealkylation sites (tertiary alicyclic amines) is 1. The Morgan fingerprint density at radius 1 is 1.50 bits per heavy atom. The molecule has 2 heterocycles. The van der Waals surface area contributed by atoms with Gasteiger partial charge >= 0.3 is 0 Å². The van der Waals surface area contributed by atoms with Crippen LogP contribution in [-0.2, 0) is 9.53 Å². The van der Waals surface area contributed by atoms with Crippen LogP contribution < -0.4 is 5.32 Å². The number of amides is 1. The molecule has 0 aliphatic carbocycles. The van der Waals surface area contributed by atoms with E-state index >= 15 is 0 Å². The van der Waals surface area contributed by atoms with Gasteiger partial charge in [-0.1, -0.05) is 0 Å². The van der Waals surface area contributed by atoms with E-state index in [0.717, 1.165) is 45.3 Å². The summed E-state index contributed by atoms with van der Waals surface area (Å²) in [5.74, 6) is 0.264. The van der Waals surface area contributed by atoms with E-state index in [1.54, 1.807) is 7.11 Å². The molecule has 92 valence electrons. The minimum atomic E-state index is -0.146. The molecule has 0 saturated carbocycles. The Balaban J connectivity index is 1.95. The van der Waals surface area contributed by atoms with Crippen LogP contribution in [0.15, 0.2) is 0 Å². The Morgan fingerprint density at radius 3 is 2.94 bits per heavy atom. The average molecular weight is 226 g/mol. The molecule has 2 atom stereocenters. The Hall–Kier alpha value is -0.610. The lowest BCUT2D eigenvalue weighted by molar-refractivity contribution is -0.141. The summed E-state index contributed by atoms with van der Waals surface area (Å²) >= 11 is 0. The molecule has 2 aliphatic heterocycles. The Morgan fingerprint density at radius 2 is 2.31 bits per heavy atom. The van der Waals surface area contributed by atoms with Crippen molar-refractivity contribution in [1.29, 1.82) is 0 Å². The maximum atomic E-state index is 12.2. The van der Waals surface area contributed by atoms with Crippen molar-refractivity contribution in [3.63, 3.8) is 0 Å². The van der Waals surface area contributed by atoms with Crippen LogP contribution in [0, 0.1) is 0 Å². The third-order valence-electron chi connectivity index (χ3n) is 3.82. The van der Waals surface area contributed by atoms with Gasteiger partial charge in [0.2, 0.25) is 5.91 Å². The molecule has 4 heteroatoms. The van der Waals surface area contributed by atoms with Crippen molar-refractivity contribution in [1.82, 2.24) is 10.2 Å². The summed E-state index contributed by atoms with van der Waals surface area (Å²) < 4.78 is 5.51. The molecule has 0 spiro atoms. The number of piperidine rings is 1. The first-order chi connectivity index (χ1) is 7.64. The molecule has 0 bridgehead atoms. The summed E-state index contributed by atoms with van der Waals surface area (Å²) in [5, 5.41) is 3.27. The van der Waals surface area contributed by atoms with Crippen molar-refractivity contribution in [2.24, 2.45) is 0 Å². The van der Waals surface area contributed by atoms with Gasteiger partial charge in [0.05, 0.1) is 11.6 Å². The SMILES string of the molecule is COC1(C)CCCN(C(=O)[C@H]2CCCN2)C1. The molecular weight excluding hydrogens is 204 g/mol. The normalized spacial score (nSPS) is 35.4. The zero-order chi connectivity index (χ0) is 11.6. The molecule has 2 fully saturated rings. The number of rotatable bonds is 2. The first-order valence-electron chi connectivity index (χ1n) is 6.22. The van der Waals surface area contributed by atoms with Crippen molar-refractivity contribution in [2.75, 3.05) is 26.7 Å². The second-order valence-corrected chi connectivity index (χ2v) is 5.17. The van der Waals surface area contributed by atoms with Crippen LogP contribution >= 0.6 is 0 Å². The molecule has 1 amide bonds. The lowest BCUT2D eigenvalue weighted by Crippen LogP contribution is -2.53. The number of methoxy groups -OCH3 is 1. The highest BCUT2D eigenvalue weighted by Crippen LogP contribution is 2.24. The van der Waals surface area contributed by atoms with Crippen LogP contribution in [0.4, 0.5) is 0 Å². The Labute approximate surface area is 97.3 Å². The molecule has 0 radical (unpaired) electrons.